The van der Waals surface area contributed by atoms with Gasteiger partial charge in [0.2, 0.25) is 0 Å². The van der Waals surface area contributed by atoms with Crippen LogP contribution in [0, 0.1) is 0 Å². The van der Waals surface area contributed by atoms with E-state index in [1.54, 1.807) is 24.3 Å². The molecule has 1 fully saturated rings. The van der Waals surface area contributed by atoms with Crippen LogP contribution in [0.5, 0.6) is 0 Å². The molecule has 0 spiro atoms. The van der Waals surface area contributed by atoms with Crippen LogP contribution < -0.4 is 4.90 Å². The van der Waals surface area contributed by atoms with Gasteiger partial charge in [0.1, 0.15) is 5.82 Å². The minimum atomic E-state index is -0.788. The first-order valence-electron chi connectivity index (χ1n) is 10.6. The molecule has 2 aliphatic rings. The topological polar surface area (TPSA) is 77.0 Å². The standard InChI is InChI=1S/C24H24N4O3/c29-18(16-28-23(30)20-7-3-4-8-21(20)24(28)31)15-26-11-13-27(14-12-26)22-19-6-2-1-5-17(19)9-10-25-22/h1-10,18,29H,11-16H2. The average Bonchev–Trinajstić information content (AvgIpc) is 3.04. The van der Waals surface area contributed by atoms with Gasteiger partial charge in [-0.1, -0.05) is 36.4 Å². The number of carbonyl (C=O) groups is 2. The third-order valence-corrected chi connectivity index (χ3v) is 6.06. The van der Waals surface area contributed by atoms with Crippen LogP contribution in [0.15, 0.2) is 60.8 Å². The highest BCUT2D eigenvalue weighted by Crippen LogP contribution is 2.25. The number of carbonyl (C=O) groups excluding carboxylic acids is 2. The summed E-state index contributed by atoms with van der Waals surface area (Å²) in [5.74, 6) is 0.335. The van der Waals surface area contributed by atoms with Crippen LogP contribution in [0.3, 0.4) is 0 Å². The average molecular weight is 416 g/mol. The Kier molecular flexibility index (Phi) is 5.13. The fraction of sp³-hybridized carbons (Fsp3) is 0.292. The lowest BCUT2D eigenvalue weighted by Crippen LogP contribution is -2.50. The normalized spacial score (nSPS) is 18.0. The molecule has 2 aromatic carbocycles. The van der Waals surface area contributed by atoms with Crippen LogP contribution in [0.1, 0.15) is 20.7 Å². The molecule has 1 unspecified atom stereocenters. The van der Waals surface area contributed by atoms with Crippen molar-refractivity contribution in [1.29, 1.82) is 0 Å². The first kappa shape index (κ1) is 19.7. The van der Waals surface area contributed by atoms with Crippen molar-refractivity contribution >= 4 is 28.4 Å². The lowest BCUT2D eigenvalue weighted by Gasteiger charge is -2.37. The summed E-state index contributed by atoms with van der Waals surface area (Å²) < 4.78 is 0. The Hall–Kier alpha value is -3.29. The number of rotatable bonds is 5. The van der Waals surface area contributed by atoms with E-state index in [2.05, 4.69) is 26.9 Å². The quantitative estimate of drug-likeness (QED) is 0.642. The molecule has 7 heteroatoms. The van der Waals surface area contributed by atoms with Gasteiger partial charge in [-0.3, -0.25) is 19.4 Å². The summed E-state index contributed by atoms with van der Waals surface area (Å²) in [4.78, 5) is 35.2. The van der Waals surface area contributed by atoms with E-state index in [1.165, 1.54) is 5.39 Å². The van der Waals surface area contributed by atoms with Crippen molar-refractivity contribution in [2.75, 3.05) is 44.2 Å². The summed E-state index contributed by atoms with van der Waals surface area (Å²) in [7, 11) is 0. The Balaban J connectivity index is 1.19. The molecule has 1 saturated heterocycles. The molecule has 0 saturated carbocycles. The van der Waals surface area contributed by atoms with Crippen LogP contribution >= 0.6 is 0 Å². The summed E-state index contributed by atoms with van der Waals surface area (Å²) in [6.45, 7) is 3.61. The number of nitrogens with zero attached hydrogens (tertiary/aromatic N) is 4. The molecule has 0 aliphatic carbocycles. The van der Waals surface area contributed by atoms with Crippen molar-refractivity contribution in [3.63, 3.8) is 0 Å². The van der Waals surface area contributed by atoms with Crippen molar-refractivity contribution in [2.24, 2.45) is 0 Å². The molecule has 158 valence electrons. The molecule has 3 aromatic rings. The second-order valence-corrected chi connectivity index (χ2v) is 8.06. The zero-order valence-corrected chi connectivity index (χ0v) is 17.1. The Morgan fingerprint density at radius 2 is 1.48 bits per heavy atom. The number of aliphatic hydroxyl groups excluding tert-OH is 1. The second-order valence-electron chi connectivity index (χ2n) is 8.06. The van der Waals surface area contributed by atoms with Gasteiger partial charge < -0.3 is 10.0 Å². The molecule has 1 N–H and O–H groups in total. The van der Waals surface area contributed by atoms with Gasteiger partial charge in [0.25, 0.3) is 11.8 Å². The van der Waals surface area contributed by atoms with Gasteiger partial charge in [0.05, 0.1) is 23.8 Å². The fourth-order valence-corrected chi connectivity index (χ4v) is 4.47. The predicted molar refractivity (Wildman–Crippen MR) is 118 cm³/mol. The number of aliphatic hydroxyl groups is 1. The van der Waals surface area contributed by atoms with Crippen molar-refractivity contribution in [3.8, 4) is 0 Å². The van der Waals surface area contributed by atoms with Gasteiger partial charge in [-0.15, -0.1) is 0 Å². The monoisotopic (exact) mass is 416 g/mol. The Morgan fingerprint density at radius 3 is 2.19 bits per heavy atom. The molecule has 5 rings (SSSR count). The van der Waals surface area contributed by atoms with Crippen molar-refractivity contribution < 1.29 is 14.7 Å². The van der Waals surface area contributed by atoms with E-state index in [9.17, 15) is 14.7 Å². The van der Waals surface area contributed by atoms with E-state index in [-0.39, 0.29) is 18.4 Å². The fourth-order valence-electron chi connectivity index (χ4n) is 4.47. The van der Waals surface area contributed by atoms with Crippen LogP contribution in [0.4, 0.5) is 5.82 Å². The molecular formula is C24H24N4O3. The Morgan fingerprint density at radius 1 is 0.839 bits per heavy atom. The minimum absolute atomic E-state index is 0.0113. The maximum atomic E-state index is 12.5. The number of hydrogen-bond donors (Lipinski definition) is 1. The maximum absolute atomic E-state index is 12.5. The summed E-state index contributed by atoms with van der Waals surface area (Å²) >= 11 is 0. The molecule has 0 bridgehead atoms. The molecule has 0 radical (unpaired) electrons. The first-order chi connectivity index (χ1) is 15.1. The lowest BCUT2D eigenvalue weighted by atomic mass is 10.1. The number of fused-ring (bicyclic) bond motifs is 2. The SMILES string of the molecule is O=C1c2ccccc2C(=O)N1CC(O)CN1CCN(c2nccc3ccccc23)CC1. The lowest BCUT2D eigenvalue weighted by molar-refractivity contribution is 0.0469. The third kappa shape index (κ3) is 3.66. The van der Waals surface area contributed by atoms with E-state index in [0.717, 1.165) is 42.3 Å². The van der Waals surface area contributed by atoms with E-state index >= 15 is 0 Å². The number of hydrogen-bond acceptors (Lipinski definition) is 6. The highest BCUT2D eigenvalue weighted by atomic mass is 16.3. The minimum Gasteiger partial charge on any atom is -0.390 e. The molecule has 1 atom stereocenters. The Labute approximate surface area is 180 Å². The molecule has 3 heterocycles. The number of β-amino-alcohol motifs (C(OH)–C–C–N with tert-alkyl or cyclic N) is 1. The van der Waals surface area contributed by atoms with Crippen LogP contribution in [0.2, 0.25) is 0 Å². The largest absolute Gasteiger partial charge is 0.390 e. The Bertz CT molecular complexity index is 1100. The smallest absolute Gasteiger partial charge is 0.261 e. The van der Waals surface area contributed by atoms with Gasteiger partial charge in [0, 0.05) is 44.3 Å². The number of piperazine rings is 1. The van der Waals surface area contributed by atoms with Gasteiger partial charge in [-0.25, -0.2) is 4.98 Å². The zero-order chi connectivity index (χ0) is 21.4. The number of amides is 2. The number of benzene rings is 2. The van der Waals surface area contributed by atoms with Crippen LogP contribution in [-0.4, -0.2) is 77.1 Å². The molecule has 7 nitrogen and oxygen atoms in total. The molecular weight excluding hydrogens is 392 g/mol. The molecule has 31 heavy (non-hydrogen) atoms. The number of anilines is 1. The summed E-state index contributed by atoms with van der Waals surface area (Å²) in [5, 5.41) is 12.9. The van der Waals surface area contributed by atoms with E-state index in [1.807, 2.05) is 24.4 Å². The highest BCUT2D eigenvalue weighted by Gasteiger charge is 2.36. The highest BCUT2D eigenvalue weighted by molar-refractivity contribution is 6.21. The van der Waals surface area contributed by atoms with Gasteiger partial charge in [-0.05, 0) is 23.6 Å². The summed E-state index contributed by atoms with van der Waals surface area (Å²) in [6, 6.07) is 17.1. The van der Waals surface area contributed by atoms with E-state index in [0.29, 0.717) is 17.7 Å². The molecule has 2 amide bonds. The maximum Gasteiger partial charge on any atom is 0.261 e. The van der Waals surface area contributed by atoms with E-state index < -0.39 is 6.10 Å². The van der Waals surface area contributed by atoms with E-state index in [4.69, 9.17) is 0 Å². The second kappa shape index (κ2) is 8.09. The van der Waals surface area contributed by atoms with Gasteiger partial charge in [0.15, 0.2) is 0 Å². The van der Waals surface area contributed by atoms with Gasteiger partial charge >= 0.3 is 0 Å². The van der Waals surface area contributed by atoms with Gasteiger partial charge in [-0.2, -0.15) is 0 Å². The number of imide groups is 1. The molecule has 2 aliphatic heterocycles. The van der Waals surface area contributed by atoms with Crippen molar-refractivity contribution in [1.82, 2.24) is 14.8 Å². The number of pyridine rings is 1. The number of aromatic nitrogens is 1. The molecule has 1 aromatic heterocycles. The summed E-state index contributed by atoms with van der Waals surface area (Å²) in [5.41, 5.74) is 0.826. The first-order valence-corrected chi connectivity index (χ1v) is 10.6. The van der Waals surface area contributed by atoms with Crippen LogP contribution in [0.25, 0.3) is 10.8 Å². The van der Waals surface area contributed by atoms with Crippen LogP contribution in [-0.2, 0) is 0 Å². The van der Waals surface area contributed by atoms with Crippen molar-refractivity contribution in [2.45, 2.75) is 6.10 Å². The third-order valence-electron chi connectivity index (χ3n) is 6.06. The zero-order valence-electron chi connectivity index (χ0n) is 17.1. The van der Waals surface area contributed by atoms with Crippen molar-refractivity contribution in [3.05, 3.63) is 71.9 Å². The summed E-state index contributed by atoms with van der Waals surface area (Å²) in [6.07, 6.45) is 1.06. The predicted octanol–water partition coefficient (Wildman–Crippen LogP) is 2.01.